The molecule has 0 saturated carbocycles. The summed E-state index contributed by atoms with van der Waals surface area (Å²) >= 11 is 0. The van der Waals surface area contributed by atoms with Gasteiger partial charge in [-0.3, -0.25) is 4.68 Å². The average Bonchev–Trinajstić information content (AvgIpc) is 3.53. The minimum absolute atomic E-state index is 0. The van der Waals surface area contributed by atoms with Gasteiger partial charge in [0.2, 0.25) is 0 Å². The van der Waals surface area contributed by atoms with Crippen molar-refractivity contribution >= 4 is 21.8 Å². The number of aromatic nitrogens is 4. The SMILES string of the molecule is Cc1cccc(C)c1-c1c(C)nn(-c2[c-]c(Oc3[c-]c4c(cc3)c3ccccc3n4-c3cc(C(C)C)ccn3)cc(C(C)C)c2)c1C.[Pt+2]. The average molecular weight is 812 g/mol. The minimum atomic E-state index is 0. The van der Waals surface area contributed by atoms with Gasteiger partial charge in [0.05, 0.1) is 5.69 Å². The van der Waals surface area contributed by atoms with Crippen LogP contribution in [0.15, 0.2) is 85.1 Å². The van der Waals surface area contributed by atoms with Crippen LogP contribution in [0.3, 0.4) is 0 Å². The van der Waals surface area contributed by atoms with Crippen molar-refractivity contribution in [3.63, 3.8) is 0 Å². The normalized spacial score (nSPS) is 11.5. The van der Waals surface area contributed by atoms with Crippen molar-refractivity contribution in [2.75, 3.05) is 0 Å². The summed E-state index contributed by atoms with van der Waals surface area (Å²) in [5.74, 6) is 2.80. The first kappa shape index (κ1) is 33.4. The number of hydrogen-bond donors (Lipinski definition) is 0. The zero-order chi connectivity index (χ0) is 33.0. The van der Waals surface area contributed by atoms with Crippen LogP contribution in [0.1, 0.15) is 73.2 Å². The fourth-order valence-electron chi connectivity index (χ4n) is 6.71. The Hall–Kier alpha value is -4.47. The summed E-state index contributed by atoms with van der Waals surface area (Å²) in [6.07, 6.45) is 1.89. The molecular formula is C42H40N4OPt. The number of nitrogens with zero attached hydrogens (tertiary/aromatic N) is 4. The van der Waals surface area contributed by atoms with Gasteiger partial charge in [-0.05, 0) is 91.1 Å². The van der Waals surface area contributed by atoms with Crippen molar-refractivity contribution in [3.8, 4) is 34.1 Å². The molecule has 0 fully saturated rings. The van der Waals surface area contributed by atoms with Crippen LogP contribution >= 0.6 is 0 Å². The topological polar surface area (TPSA) is 44.9 Å². The fraction of sp³-hybridized carbons (Fsp3) is 0.238. The van der Waals surface area contributed by atoms with E-state index in [0.717, 1.165) is 50.3 Å². The Labute approximate surface area is 297 Å². The summed E-state index contributed by atoms with van der Waals surface area (Å²) in [7, 11) is 0. The molecule has 5 nitrogen and oxygen atoms in total. The first-order valence-corrected chi connectivity index (χ1v) is 16.4. The van der Waals surface area contributed by atoms with E-state index < -0.39 is 0 Å². The van der Waals surface area contributed by atoms with E-state index in [4.69, 9.17) is 14.8 Å². The third kappa shape index (κ3) is 5.90. The van der Waals surface area contributed by atoms with Gasteiger partial charge in [-0.1, -0.05) is 69.6 Å². The number of fused-ring (bicyclic) bond motifs is 3. The number of ether oxygens (including phenoxy) is 1. The van der Waals surface area contributed by atoms with Crippen molar-refractivity contribution in [2.45, 2.75) is 67.2 Å². The number of rotatable bonds is 7. The van der Waals surface area contributed by atoms with Crippen LogP contribution < -0.4 is 4.74 Å². The molecule has 3 aromatic heterocycles. The van der Waals surface area contributed by atoms with E-state index >= 15 is 0 Å². The molecule has 0 spiro atoms. The number of pyridine rings is 1. The van der Waals surface area contributed by atoms with Gasteiger partial charge < -0.3 is 9.30 Å². The maximum absolute atomic E-state index is 6.60. The second-order valence-electron chi connectivity index (χ2n) is 13.2. The molecule has 6 heteroatoms. The standard InChI is InChI=1S/C42H40N4O.Pt/c1-25(2)31-18-19-43-40(22-31)45-38-15-10-9-14-36(38)37-17-16-34(24-39(37)45)47-35-21-32(26(3)4)20-33(23-35)46-30(8)42(29(7)44-46)41-27(5)12-11-13-28(41)6;/h9-22,25-26H,1-8H3;/q-2;+2. The van der Waals surface area contributed by atoms with Crippen LogP contribution in [-0.2, 0) is 21.1 Å². The third-order valence-electron chi connectivity index (χ3n) is 9.21. The van der Waals surface area contributed by atoms with E-state index in [1.54, 1.807) is 0 Å². The Morgan fingerprint density at radius 3 is 2.15 bits per heavy atom. The molecular weight excluding hydrogens is 772 g/mol. The zero-order valence-corrected chi connectivity index (χ0v) is 31.0. The van der Waals surface area contributed by atoms with Crippen LogP contribution in [0.4, 0.5) is 0 Å². The van der Waals surface area contributed by atoms with Gasteiger partial charge in [-0.2, -0.15) is 11.2 Å². The minimum Gasteiger partial charge on any atom is -0.509 e. The molecule has 0 aliphatic rings. The molecule has 0 aliphatic heterocycles. The molecule has 0 atom stereocenters. The Balaban J connectivity index is 0.00000401. The number of hydrogen-bond acceptors (Lipinski definition) is 3. The second kappa shape index (κ2) is 13.2. The van der Waals surface area contributed by atoms with E-state index in [1.807, 2.05) is 16.9 Å². The third-order valence-corrected chi connectivity index (χ3v) is 9.21. The fourth-order valence-corrected chi connectivity index (χ4v) is 6.71. The van der Waals surface area contributed by atoms with Crippen LogP contribution in [0.25, 0.3) is 44.4 Å². The molecule has 0 amide bonds. The smallest absolute Gasteiger partial charge is 0.509 e. The predicted molar refractivity (Wildman–Crippen MR) is 192 cm³/mol. The Kier molecular flexibility index (Phi) is 9.20. The van der Waals surface area contributed by atoms with Gasteiger partial charge in [0, 0.05) is 34.5 Å². The van der Waals surface area contributed by atoms with Crippen molar-refractivity contribution in [1.29, 1.82) is 0 Å². The van der Waals surface area contributed by atoms with Gasteiger partial charge in [0.1, 0.15) is 5.82 Å². The van der Waals surface area contributed by atoms with E-state index in [1.165, 1.54) is 27.8 Å². The van der Waals surface area contributed by atoms with Gasteiger partial charge >= 0.3 is 21.1 Å². The number of aryl methyl sites for hydroxylation is 3. The van der Waals surface area contributed by atoms with Crippen molar-refractivity contribution < 1.29 is 25.8 Å². The van der Waals surface area contributed by atoms with E-state index in [9.17, 15) is 0 Å². The maximum Gasteiger partial charge on any atom is 2.00 e. The van der Waals surface area contributed by atoms with E-state index in [2.05, 4.69) is 145 Å². The van der Waals surface area contributed by atoms with Crippen molar-refractivity contribution in [2.24, 2.45) is 0 Å². The monoisotopic (exact) mass is 811 g/mol. The molecule has 3 heterocycles. The van der Waals surface area contributed by atoms with Crippen molar-refractivity contribution in [3.05, 3.63) is 131 Å². The summed E-state index contributed by atoms with van der Waals surface area (Å²) < 4.78 is 10.8. The molecule has 7 rings (SSSR count). The van der Waals surface area contributed by atoms with E-state index in [-0.39, 0.29) is 27.0 Å². The molecule has 0 aliphatic carbocycles. The predicted octanol–water partition coefficient (Wildman–Crippen LogP) is 10.9. The molecule has 4 aromatic carbocycles. The van der Waals surface area contributed by atoms with Crippen molar-refractivity contribution in [1.82, 2.24) is 19.3 Å². The largest absolute Gasteiger partial charge is 2.00 e. The summed E-state index contributed by atoms with van der Waals surface area (Å²) in [6.45, 7) is 17.4. The zero-order valence-electron chi connectivity index (χ0n) is 28.8. The Morgan fingerprint density at radius 1 is 0.688 bits per heavy atom. The van der Waals surface area contributed by atoms with Crippen LogP contribution in [-0.4, -0.2) is 19.3 Å². The molecule has 7 aromatic rings. The number of benzene rings is 4. The molecule has 0 N–H and O–H groups in total. The van der Waals surface area contributed by atoms with Gasteiger partial charge in [-0.25, -0.2) is 4.98 Å². The first-order valence-electron chi connectivity index (χ1n) is 16.4. The van der Waals surface area contributed by atoms with E-state index in [0.29, 0.717) is 17.4 Å². The summed E-state index contributed by atoms with van der Waals surface area (Å²) in [6, 6.07) is 34.7. The molecule has 0 radical (unpaired) electrons. The van der Waals surface area contributed by atoms with Gasteiger partial charge in [0.25, 0.3) is 0 Å². The Morgan fingerprint density at radius 2 is 1.42 bits per heavy atom. The molecule has 0 unspecified atom stereocenters. The molecule has 0 bridgehead atoms. The summed E-state index contributed by atoms with van der Waals surface area (Å²) in [4.78, 5) is 4.79. The molecule has 48 heavy (non-hydrogen) atoms. The molecule has 0 saturated heterocycles. The Bertz CT molecular complexity index is 2270. The van der Waals surface area contributed by atoms with Gasteiger partial charge in [-0.15, -0.1) is 41.3 Å². The maximum atomic E-state index is 6.60. The summed E-state index contributed by atoms with van der Waals surface area (Å²) in [5.41, 5.74) is 12.2. The quantitative estimate of drug-likeness (QED) is 0.151. The van der Waals surface area contributed by atoms with Crippen LogP contribution in [0.2, 0.25) is 0 Å². The second-order valence-corrected chi connectivity index (χ2v) is 13.2. The summed E-state index contributed by atoms with van der Waals surface area (Å²) in [5, 5.41) is 7.29. The first-order chi connectivity index (χ1) is 22.6. The van der Waals surface area contributed by atoms with Gasteiger partial charge in [0.15, 0.2) is 0 Å². The van der Waals surface area contributed by atoms with Crippen LogP contribution in [0.5, 0.6) is 11.5 Å². The number of para-hydroxylation sites is 1. The van der Waals surface area contributed by atoms with Crippen LogP contribution in [0, 0.1) is 39.8 Å². The molecule has 244 valence electrons.